The summed E-state index contributed by atoms with van der Waals surface area (Å²) in [6.45, 7) is 5.00. The van der Waals surface area contributed by atoms with Gasteiger partial charge in [-0.25, -0.2) is 4.79 Å². The van der Waals surface area contributed by atoms with Gasteiger partial charge in [0.05, 0.1) is 6.61 Å². The Morgan fingerprint density at radius 1 is 1.42 bits per heavy atom. The fourth-order valence-corrected chi connectivity index (χ4v) is 0.617. The van der Waals surface area contributed by atoms with Gasteiger partial charge in [-0.15, -0.1) is 0 Å². The molecule has 4 nitrogen and oxygen atoms in total. The van der Waals surface area contributed by atoms with Gasteiger partial charge in [-0.3, -0.25) is 4.79 Å². The predicted molar refractivity (Wildman–Crippen MR) is 42.5 cm³/mol. The van der Waals surface area contributed by atoms with Crippen LogP contribution in [0.25, 0.3) is 0 Å². The van der Waals surface area contributed by atoms with E-state index in [1.54, 1.807) is 0 Å². The molecule has 0 rings (SSSR count). The number of carbonyl (C=O) groups is 2. The lowest BCUT2D eigenvalue weighted by atomic mass is 10.4. The van der Waals surface area contributed by atoms with Crippen LogP contribution in [0.1, 0.15) is 27.2 Å². The summed E-state index contributed by atoms with van der Waals surface area (Å²) in [6, 6.07) is 0. The molecule has 0 bridgehead atoms. The normalized spacial score (nSPS) is 11.9. The molecule has 0 N–H and O–H groups in total. The Morgan fingerprint density at radius 3 is 2.42 bits per heavy atom. The van der Waals surface area contributed by atoms with Crippen LogP contribution < -0.4 is 0 Å². The van der Waals surface area contributed by atoms with E-state index in [1.165, 1.54) is 13.8 Å². The molecular weight excluding hydrogens is 160 g/mol. The third-order valence-electron chi connectivity index (χ3n) is 1.12. The van der Waals surface area contributed by atoms with Crippen molar-refractivity contribution in [2.45, 2.75) is 33.3 Å². The van der Waals surface area contributed by atoms with Gasteiger partial charge in [0.1, 0.15) is 0 Å². The van der Waals surface area contributed by atoms with Crippen molar-refractivity contribution < 1.29 is 19.1 Å². The molecule has 0 aromatic carbocycles. The zero-order chi connectivity index (χ0) is 9.56. The van der Waals surface area contributed by atoms with Gasteiger partial charge in [0.2, 0.25) is 0 Å². The first-order chi connectivity index (χ1) is 5.57. The standard InChI is InChI=1S/C8H14O4/c1-4-5-11-8(10)6(2)12-7(3)9/h6H,4-5H2,1-3H3/t6-/m0/s1. The van der Waals surface area contributed by atoms with Gasteiger partial charge in [0, 0.05) is 6.92 Å². The van der Waals surface area contributed by atoms with E-state index in [0.29, 0.717) is 6.61 Å². The predicted octanol–water partition coefficient (Wildman–Crippen LogP) is 0.891. The first-order valence-corrected chi connectivity index (χ1v) is 3.91. The van der Waals surface area contributed by atoms with Gasteiger partial charge in [-0.05, 0) is 13.3 Å². The largest absolute Gasteiger partial charge is 0.463 e. The second kappa shape index (κ2) is 5.57. The zero-order valence-electron chi connectivity index (χ0n) is 7.62. The van der Waals surface area contributed by atoms with Crippen molar-refractivity contribution >= 4 is 11.9 Å². The third kappa shape index (κ3) is 4.71. The number of carbonyl (C=O) groups excluding carboxylic acids is 2. The van der Waals surface area contributed by atoms with Crippen LogP contribution in [0.15, 0.2) is 0 Å². The average Bonchev–Trinajstić information content (AvgIpc) is 1.98. The van der Waals surface area contributed by atoms with Crippen LogP contribution >= 0.6 is 0 Å². The SMILES string of the molecule is CCCOC(=O)[C@H](C)OC(C)=O. The van der Waals surface area contributed by atoms with Crippen LogP contribution in [0, 0.1) is 0 Å². The van der Waals surface area contributed by atoms with Crippen molar-refractivity contribution in [3.63, 3.8) is 0 Å². The van der Waals surface area contributed by atoms with Crippen LogP contribution in [0.3, 0.4) is 0 Å². The minimum Gasteiger partial charge on any atom is -0.463 e. The Labute approximate surface area is 71.8 Å². The van der Waals surface area contributed by atoms with Crippen molar-refractivity contribution in [2.75, 3.05) is 6.61 Å². The molecule has 0 unspecified atom stereocenters. The van der Waals surface area contributed by atoms with Crippen molar-refractivity contribution in [3.8, 4) is 0 Å². The van der Waals surface area contributed by atoms with E-state index < -0.39 is 18.0 Å². The zero-order valence-corrected chi connectivity index (χ0v) is 7.62. The van der Waals surface area contributed by atoms with Gasteiger partial charge in [-0.1, -0.05) is 6.92 Å². The maximum atomic E-state index is 10.9. The first-order valence-electron chi connectivity index (χ1n) is 3.91. The van der Waals surface area contributed by atoms with Gasteiger partial charge < -0.3 is 9.47 Å². The molecule has 0 aliphatic heterocycles. The minimum absolute atomic E-state index is 0.366. The maximum absolute atomic E-state index is 10.9. The van der Waals surface area contributed by atoms with E-state index in [1.807, 2.05) is 6.92 Å². The average molecular weight is 174 g/mol. The Morgan fingerprint density at radius 2 is 2.00 bits per heavy atom. The minimum atomic E-state index is -0.797. The summed E-state index contributed by atoms with van der Waals surface area (Å²) in [5.74, 6) is -0.969. The molecule has 1 atom stereocenters. The second-order valence-electron chi connectivity index (χ2n) is 2.42. The molecule has 0 aromatic heterocycles. The van der Waals surface area contributed by atoms with Gasteiger partial charge in [0.25, 0.3) is 0 Å². The highest BCUT2D eigenvalue weighted by Crippen LogP contribution is 1.95. The van der Waals surface area contributed by atoms with Crippen LogP contribution in [0.2, 0.25) is 0 Å². The molecule has 0 heterocycles. The number of ether oxygens (including phenoxy) is 2. The van der Waals surface area contributed by atoms with E-state index in [2.05, 4.69) is 4.74 Å². The van der Waals surface area contributed by atoms with Crippen molar-refractivity contribution in [2.24, 2.45) is 0 Å². The fraction of sp³-hybridized carbons (Fsp3) is 0.750. The van der Waals surface area contributed by atoms with Gasteiger partial charge in [0.15, 0.2) is 6.10 Å². The Kier molecular flexibility index (Phi) is 5.08. The molecule has 0 saturated carbocycles. The summed E-state index contributed by atoms with van der Waals surface area (Å²) in [4.78, 5) is 21.3. The van der Waals surface area contributed by atoms with E-state index in [0.717, 1.165) is 6.42 Å². The summed E-state index contributed by atoms with van der Waals surface area (Å²) in [5, 5.41) is 0. The second-order valence-corrected chi connectivity index (χ2v) is 2.42. The molecule has 0 saturated heterocycles. The van der Waals surface area contributed by atoms with Gasteiger partial charge in [-0.2, -0.15) is 0 Å². The number of hydrogen-bond donors (Lipinski definition) is 0. The Balaban J connectivity index is 3.69. The Bertz CT molecular complexity index is 164. The monoisotopic (exact) mass is 174 g/mol. The number of rotatable bonds is 4. The Hall–Kier alpha value is -1.06. The summed E-state index contributed by atoms with van der Waals surface area (Å²) >= 11 is 0. The van der Waals surface area contributed by atoms with Crippen molar-refractivity contribution in [1.82, 2.24) is 0 Å². The molecule has 70 valence electrons. The van der Waals surface area contributed by atoms with Crippen molar-refractivity contribution in [3.05, 3.63) is 0 Å². The lowest BCUT2D eigenvalue weighted by Gasteiger charge is -2.10. The molecule has 0 aliphatic carbocycles. The van der Waals surface area contributed by atoms with E-state index in [4.69, 9.17) is 4.74 Å². The molecule has 0 fully saturated rings. The van der Waals surface area contributed by atoms with E-state index >= 15 is 0 Å². The molecule has 0 aromatic rings. The van der Waals surface area contributed by atoms with E-state index in [9.17, 15) is 9.59 Å². The molecule has 0 aliphatic rings. The number of esters is 2. The van der Waals surface area contributed by atoms with Gasteiger partial charge >= 0.3 is 11.9 Å². The smallest absolute Gasteiger partial charge is 0.347 e. The highest BCUT2D eigenvalue weighted by molar-refractivity contribution is 5.78. The topological polar surface area (TPSA) is 52.6 Å². The fourth-order valence-electron chi connectivity index (χ4n) is 0.617. The molecular formula is C8H14O4. The van der Waals surface area contributed by atoms with Crippen LogP contribution in [0.4, 0.5) is 0 Å². The molecule has 0 spiro atoms. The molecule has 0 radical (unpaired) electrons. The highest BCUT2D eigenvalue weighted by atomic mass is 16.6. The summed E-state index contributed by atoms with van der Waals surface area (Å²) in [7, 11) is 0. The highest BCUT2D eigenvalue weighted by Gasteiger charge is 2.16. The summed E-state index contributed by atoms with van der Waals surface area (Å²) in [5.41, 5.74) is 0. The summed E-state index contributed by atoms with van der Waals surface area (Å²) < 4.78 is 9.33. The molecule has 4 heteroatoms. The van der Waals surface area contributed by atoms with Crippen LogP contribution in [0.5, 0.6) is 0 Å². The lowest BCUT2D eigenvalue weighted by molar-refractivity contribution is -0.165. The van der Waals surface area contributed by atoms with Crippen LogP contribution in [-0.2, 0) is 19.1 Å². The maximum Gasteiger partial charge on any atom is 0.347 e. The number of hydrogen-bond acceptors (Lipinski definition) is 4. The first kappa shape index (κ1) is 10.9. The van der Waals surface area contributed by atoms with Crippen LogP contribution in [-0.4, -0.2) is 24.6 Å². The third-order valence-corrected chi connectivity index (χ3v) is 1.12. The quantitative estimate of drug-likeness (QED) is 0.594. The van der Waals surface area contributed by atoms with E-state index in [-0.39, 0.29) is 0 Å². The lowest BCUT2D eigenvalue weighted by Crippen LogP contribution is -2.25. The molecule has 0 amide bonds. The van der Waals surface area contributed by atoms with Crippen molar-refractivity contribution in [1.29, 1.82) is 0 Å². The summed E-state index contributed by atoms with van der Waals surface area (Å²) in [6.07, 6.45) is -0.0347. The molecule has 12 heavy (non-hydrogen) atoms.